The maximum absolute atomic E-state index is 13.3. The minimum atomic E-state index is -0.441. The van der Waals surface area contributed by atoms with Crippen molar-refractivity contribution in [1.29, 1.82) is 0 Å². The zero-order chi connectivity index (χ0) is 26.5. The molecule has 0 saturated carbocycles. The molecule has 0 aliphatic carbocycles. The largest absolute Gasteiger partial charge is 0.493 e. The number of carbonyl (C=O) groups is 2. The predicted octanol–water partition coefficient (Wildman–Crippen LogP) is 5.02. The van der Waals surface area contributed by atoms with Crippen LogP contribution in [0.2, 0.25) is 0 Å². The summed E-state index contributed by atoms with van der Waals surface area (Å²) in [4.78, 5) is 26.5. The van der Waals surface area contributed by atoms with Crippen molar-refractivity contribution < 1.29 is 23.8 Å². The fraction of sp³-hybridized carbons (Fsp3) is 0.179. The summed E-state index contributed by atoms with van der Waals surface area (Å²) in [5.41, 5.74) is 3.89. The Morgan fingerprint density at radius 1 is 0.784 bits per heavy atom. The monoisotopic (exact) mass is 500 g/mol. The van der Waals surface area contributed by atoms with Crippen LogP contribution in [-0.2, 0) is 0 Å². The molecule has 0 saturated heterocycles. The number of hydrogen-bond donors (Lipinski definition) is 2. The van der Waals surface area contributed by atoms with Crippen LogP contribution in [0, 0.1) is 13.8 Å². The Morgan fingerprint density at radius 3 is 2.03 bits per heavy atom. The fourth-order valence-corrected chi connectivity index (χ4v) is 4.02. The van der Waals surface area contributed by atoms with E-state index in [2.05, 4.69) is 15.7 Å². The molecule has 2 amide bonds. The molecule has 0 spiro atoms. The molecule has 1 heterocycles. The molecule has 0 bridgehead atoms. The summed E-state index contributed by atoms with van der Waals surface area (Å²) in [5, 5.41) is 10.4. The standard InChI is InChI=1S/C28H28N4O5/c1-17-25(18(2)32(31-17)20-11-7-6-8-12-20)30-28(34)21-13-9-10-14-22(21)29-27(33)19-15-23(35-3)26(37-5)24(16-19)36-4/h6-16H,1-5H3,(H,29,33)(H,30,34). The number of rotatable bonds is 8. The van der Waals surface area contributed by atoms with Gasteiger partial charge in [-0.3, -0.25) is 9.59 Å². The highest BCUT2D eigenvalue weighted by atomic mass is 16.5. The van der Waals surface area contributed by atoms with Gasteiger partial charge in [-0.25, -0.2) is 4.68 Å². The van der Waals surface area contributed by atoms with Gasteiger partial charge in [0.05, 0.1) is 55.3 Å². The zero-order valence-corrected chi connectivity index (χ0v) is 21.3. The predicted molar refractivity (Wildman–Crippen MR) is 141 cm³/mol. The minimum absolute atomic E-state index is 0.278. The van der Waals surface area contributed by atoms with Gasteiger partial charge in [-0.1, -0.05) is 30.3 Å². The molecule has 9 nitrogen and oxygen atoms in total. The number of nitrogens with one attached hydrogen (secondary N) is 2. The van der Waals surface area contributed by atoms with Crippen LogP contribution >= 0.6 is 0 Å². The first kappa shape index (κ1) is 25.3. The highest BCUT2D eigenvalue weighted by Crippen LogP contribution is 2.38. The zero-order valence-electron chi connectivity index (χ0n) is 21.3. The molecular formula is C28H28N4O5. The van der Waals surface area contributed by atoms with Gasteiger partial charge >= 0.3 is 0 Å². The van der Waals surface area contributed by atoms with Crippen molar-refractivity contribution in [3.63, 3.8) is 0 Å². The van der Waals surface area contributed by atoms with Crippen molar-refractivity contribution in [2.75, 3.05) is 32.0 Å². The number of carbonyl (C=O) groups excluding carboxylic acids is 2. The van der Waals surface area contributed by atoms with Crippen LogP contribution in [0.4, 0.5) is 11.4 Å². The Bertz CT molecular complexity index is 1420. The van der Waals surface area contributed by atoms with E-state index in [-0.39, 0.29) is 11.5 Å². The van der Waals surface area contributed by atoms with Crippen LogP contribution < -0.4 is 24.8 Å². The summed E-state index contributed by atoms with van der Waals surface area (Å²) >= 11 is 0. The number of aromatic nitrogens is 2. The molecule has 3 aromatic carbocycles. The Balaban J connectivity index is 1.60. The highest BCUT2D eigenvalue weighted by Gasteiger charge is 2.21. The molecule has 9 heteroatoms. The molecule has 0 fully saturated rings. The number of aryl methyl sites for hydroxylation is 1. The quantitative estimate of drug-likeness (QED) is 0.352. The molecule has 0 aliphatic heterocycles. The molecule has 0 aliphatic rings. The molecular weight excluding hydrogens is 472 g/mol. The maximum atomic E-state index is 13.3. The smallest absolute Gasteiger partial charge is 0.257 e. The number of anilines is 2. The second kappa shape index (κ2) is 10.9. The first-order valence-electron chi connectivity index (χ1n) is 11.5. The summed E-state index contributed by atoms with van der Waals surface area (Å²) in [7, 11) is 4.44. The second-order valence-electron chi connectivity index (χ2n) is 8.16. The van der Waals surface area contributed by atoms with Crippen LogP contribution in [0.15, 0.2) is 66.7 Å². The topological polar surface area (TPSA) is 104 Å². The summed E-state index contributed by atoms with van der Waals surface area (Å²) in [6.45, 7) is 3.72. The van der Waals surface area contributed by atoms with E-state index in [9.17, 15) is 9.59 Å². The summed E-state index contributed by atoms with van der Waals surface area (Å²) in [5.74, 6) is 0.255. The van der Waals surface area contributed by atoms with Crippen LogP contribution in [-0.4, -0.2) is 42.9 Å². The van der Waals surface area contributed by atoms with Crippen molar-refractivity contribution in [2.45, 2.75) is 13.8 Å². The molecule has 0 unspecified atom stereocenters. The van der Waals surface area contributed by atoms with E-state index < -0.39 is 5.91 Å². The first-order chi connectivity index (χ1) is 17.9. The van der Waals surface area contributed by atoms with Gasteiger partial charge < -0.3 is 24.8 Å². The molecule has 0 radical (unpaired) electrons. The van der Waals surface area contributed by atoms with Gasteiger partial charge in [0.15, 0.2) is 11.5 Å². The van der Waals surface area contributed by atoms with Crippen molar-refractivity contribution in [2.24, 2.45) is 0 Å². The average Bonchev–Trinajstić information content (AvgIpc) is 3.21. The van der Waals surface area contributed by atoms with Gasteiger partial charge in [0, 0.05) is 5.56 Å². The number of para-hydroxylation sites is 2. The average molecular weight is 501 g/mol. The van der Waals surface area contributed by atoms with Crippen molar-refractivity contribution in [3.8, 4) is 22.9 Å². The van der Waals surface area contributed by atoms with Gasteiger partial charge in [0.25, 0.3) is 11.8 Å². The van der Waals surface area contributed by atoms with Gasteiger partial charge in [-0.05, 0) is 50.2 Å². The Hall–Kier alpha value is -4.79. The van der Waals surface area contributed by atoms with E-state index in [4.69, 9.17) is 14.2 Å². The lowest BCUT2D eigenvalue weighted by Crippen LogP contribution is -2.19. The molecule has 4 aromatic rings. The third-order valence-electron chi connectivity index (χ3n) is 5.88. The summed E-state index contributed by atoms with van der Waals surface area (Å²) < 4.78 is 17.8. The van der Waals surface area contributed by atoms with E-state index in [1.807, 2.05) is 44.2 Å². The second-order valence-corrected chi connectivity index (χ2v) is 8.16. The lowest BCUT2D eigenvalue weighted by atomic mass is 10.1. The molecule has 2 N–H and O–H groups in total. The van der Waals surface area contributed by atoms with E-state index in [0.29, 0.717) is 39.9 Å². The summed E-state index contributed by atoms with van der Waals surface area (Å²) in [6, 6.07) is 19.5. The first-order valence-corrected chi connectivity index (χ1v) is 11.5. The van der Waals surface area contributed by atoms with Crippen molar-refractivity contribution in [3.05, 3.63) is 89.2 Å². The van der Waals surface area contributed by atoms with Crippen LogP contribution in [0.1, 0.15) is 32.1 Å². The van der Waals surface area contributed by atoms with Crippen molar-refractivity contribution >= 4 is 23.2 Å². The number of benzene rings is 3. The number of hydrogen-bond acceptors (Lipinski definition) is 6. The molecule has 0 atom stereocenters. The Morgan fingerprint density at radius 2 is 1.41 bits per heavy atom. The van der Waals surface area contributed by atoms with E-state index >= 15 is 0 Å². The normalized spacial score (nSPS) is 10.5. The number of amides is 2. The van der Waals surface area contributed by atoms with Gasteiger partial charge in [0.2, 0.25) is 5.75 Å². The lowest BCUT2D eigenvalue weighted by Gasteiger charge is -2.15. The van der Waals surface area contributed by atoms with Crippen LogP contribution in [0.25, 0.3) is 5.69 Å². The fourth-order valence-electron chi connectivity index (χ4n) is 4.02. The van der Waals surface area contributed by atoms with Crippen LogP contribution in [0.5, 0.6) is 17.2 Å². The summed E-state index contributed by atoms with van der Waals surface area (Å²) in [6.07, 6.45) is 0. The maximum Gasteiger partial charge on any atom is 0.257 e. The van der Waals surface area contributed by atoms with Gasteiger partial charge in [-0.2, -0.15) is 5.10 Å². The number of nitrogens with zero attached hydrogens (tertiary/aromatic N) is 2. The number of ether oxygens (including phenoxy) is 3. The SMILES string of the molecule is COc1cc(C(=O)Nc2ccccc2C(=O)Nc2c(C)nn(-c3ccccc3)c2C)cc(OC)c1OC. The Kier molecular flexibility index (Phi) is 7.43. The van der Waals surface area contributed by atoms with Crippen molar-refractivity contribution in [1.82, 2.24) is 9.78 Å². The van der Waals surface area contributed by atoms with E-state index in [1.165, 1.54) is 21.3 Å². The number of methoxy groups -OCH3 is 3. The lowest BCUT2D eigenvalue weighted by molar-refractivity contribution is 0.102. The van der Waals surface area contributed by atoms with E-state index in [1.54, 1.807) is 41.1 Å². The molecule has 1 aromatic heterocycles. The van der Waals surface area contributed by atoms with Gasteiger partial charge in [-0.15, -0.1) is 0 Å². The molecule has 190 valence electrons. The van der Waals surface area contributed by atoms with E-state index in [0.717, 1.165) is 11.4 Å². The Labute approximate surface area is 215 Å². The highest BCUT2D eigenvalue weighted by molar-refractivity contribution is 6.13. The third kappa shape index (κ3) is 5.11. The molecule has 37 heavy (non-hydrogen) atoms. The minimum Gasteiger partial charge on any atom is -0.493 e. The van der Waals surface area contributed by atoms with Gasteiger partial charge in [0.1, 0.15) is 0 Å². The third-order valence-corrected chi connectivity index (χ3v) is 5.88. The van der Waals surface area contributed by atoms with Crippen LogP contribution in [0.3, 0.4) is 0 Å². The molecule has 4 rings (SSSR count).